The second-order valence-corrected chi connectivity index (χ2v) is 7.46. The van der Waals surface area contributed by atoms with Crippen LogP contribution in [0.5, 0.6) is 0 Å². The van der Waals surface area contributed by atoms with Crippen LogP contribution in [0.25, 0.3) is 0 Å². The van der Waals surface area contributed by atoms with Gasteiger partial charge < -0.3 is 10.1 Å². The molecule has 0 radical (unpaired) electrons. The molecule has 2 heterocycles. The van der Waals surface area contributed by atoms with E-state index in [1.165, 1.54) is 44.1 Å². The standard InChI is InChI=1S/C17H25BrN2O/c1-19-16(14-9-15(18)12-20-11-14)13-5-8-21-17(10-13)6-3-2-4-7-17/h9,11-13,16,19H,2-8,10H2,1H3. The Morgan fingerprint density at radius 1 is 1.33 bits per heavy atom. The fourth-order valence-electron chi connectivity index (χ4n) is 4.17. The molecular formula is C17H25BrN2O. The van der Waals surface area contributed by atoms with Gasteiger partial charge in [0, 0.05) is 29.5 Å². The van der Waals surface area contributed by atoms with Crippen molar-refractivity contribution in [3.63, 3.8) is 0 Å². The highest BCUT2D eigenvalue weighted by atomic mass is 79.9. The van der Waals surface area contributed by atoms with Crippen molar-refractivity contribution in [2.45, 2.75) is 56.6 Å². The van der Waals surface area contributed by atoms with Crippen LogP contribution in [0.15, 0.2) is 22.9 Å². The second-order valence-electron chi connectivity index (χ2n) is 6.55. The van der Waals surface area contributed by atoms with Gasteiger partial charge in [-0.15, -0.1) is 0 Å². The Balaban J connectivity index is 1.77. The van der Waals surface area contributed by atoms with Crippen molar-refractivity contribution < 1.29 is 4.74 Å². The first kappa shape index (κ1) is 15.4. The number of nitrogens with one attached hydrogen (secondary N) is 1. The number of nitrogens with zero attached hydrogens (tertiary/aromatic N) is 1. The first-order valence-corrected chi connectivity index (χ1v) is 8.93. The molecule has 116 valence electrons. The van der Waals surface area contributed by atoms with Crippen LogP contribution in [0, 0.1) is 5.92 Å². The number of pyridine rings is 1. The van der Waals surface area contributed by atoms with Gasteiger partial charge in [0.2, 0.25) is 0 Å². The zero-order chi connectivity index (χ0) is 14.7. The Labute approximate surface area is 136 Å². The van der Waals surface area contributed by atoms with E-state index >= 15 is 0 Å². The first-order chi connectivity index (χ1) is 10.2. The number of hydrogen-bond donors (Lipinski definition) is 1. The Morgan fingerprint density at radius 2 is 2.14 bits per heavy atom. The zero-order valence-corrected chi connectivity index (χ0v) is 14.4. The summed E-state index contributed by atoms with van der Waals surface area (Å²) in [4.78, 5) is 4.33. The van der Waals surface area contributed by atoms with Gasteiger partial charge in [-0.05, 0) is 66.2 Å². The fraction of sp³-hybridized carbons (Fsp3) is 0.706. The zero-order valence-electron chi connectivity index (χ0n) is 12.8. The van der Waals surface area contributed by atoms with E-state index in [4.69, 9.17) is 4.74 Å². The highest BCUT2D eigenvalue weighted by Gasteiger charge is 2.40. The molecule has 3 nitrogen and oxygen atoms in total. The highest BCUT2D eigenvalue weighted by molar-refractivity contribution is 9.10. The lowest BCUT2D eigenvalue weighted by Gasteiger charge is -2.45. The molecule has 21 heavy (non-hydrogen) atoms. The van der Waals surface area contributed by atoms with E-state index in [0.717, 1.165) is 17.5 Å². The number of ether oxygens (including phenoxy) is 1. The van der Waals surface area contributed by atoms with Crippen molar-refractivity contribution >= 4 is 15.9 Å². The average molecular weight is 353 g/mol. The molecule has 1 aromatic rings. The number of aromatic nitrogens is 1. The molecule has 2 aliphatic rings. The van der Waals surface area contributed by atoms with Crippen molar-refractivity contribution in [1.29, 1.82) is 0 Å². The Kier molecular flexibility index (Phi) is 4.97. The molecule has 1 saturated carbocycles. The molecule has 1 aliphatic heterocycles. The molecular weight excluding hydrogens is 328 g/mol. The van der Waals surface area contributed by atoms with Crippen LogP contribution in [0.4, 0.5) is 0 Å². The van der Waals surface area contributed by atoms with E-state index in [9.17, 15) is 0 Å². The number of halogens is 1. The minimum atomic E-state index is 0.162. The summed E-state index contributed by atoms with van der Waals surface area (Å²) in [5.74, 6) is 0.637. The monoisotopic (exact) mass is 352 g/mol. The summed E-state index contributed by atoms with van der Waals surface area (Å²) < 4.78 is 7.29. The third kappa shape index (κ3) is 3.49. The summed E-state index contributed by atoms with van der Waals surface area (Å²) in [6, 6.07) is 2.56. The largest absolute Gasteiger partial charge is 0.375 e. The van der Waals surface area contributed by atoms with Gasteiger partial charge in [0.15, 0.2) is 0 Å². The number of rotatable bonds is 3. The van der Waals surface area contributed by atoms with Gasteiger partial charge >= 0.3 is 0 Å². The quantitative estimate of drug-likeness (QED) is 0.883. The van der Waals surface area contributed by atoms with Crippen molar-refractivity contribution in [3.05, 3.63) is 28.5 Å². The Morgan fingerprint density at radius 3 is 2.86 bits per heavy atom. The maximum atomic E-state index is 6.24. The third-order valence-electron chi connectivity index (χ3n) is 5.16. The van der Waals surface area contributed by atoms with Crippen LogP contribution in [0.3, 0.4) is 0 Å². The van der Waals surface area contributed by atoms with Crippen LogP contribution in [-0.4, -0.2) is 24.2 Å². The smallest absolute Gasteiger partial charge is 0.0686 e. The third-order valence-corrected chi connectivity index (χ3v) is 5.60. The summed E-state index contributed by atoms with van der Waals surface area (Å²) in [5, 5.41) is 3.52. The second kappa shape index (κ2) is 6.76. The lowest BCUT2D eigenvalue weighted by Crippen LogP contribution is -2.44. The van der Waals surface area contributed by atoms with Crippen molar-refractivity contribution in [3.8, 4) is 0 Å². The molecule has 3 rings (SSSR count). The number of hydrogen-bond acceptors (Lipinski definition) is 3. The van der Waals surface area contributed by atoms with E-state index < -0.39 is 0 Å². The topological polar surface area (TPSA) is 34.2 Å². The molecule has 1 aromatic heterocycles. The molecule has 2 atom stereocenters. The predicted octanol–water partition coefficient (Wildman–Crippen LogP) is 4.23. The molecule has 2 fully saturated rings. The molecule has 1 aliphatic carbocycles. The Hall–Kier alpha value is -0.450. The van der Waals surface area contributed by atoms with E-state index in [-0.39, 0.29) is 5.60 Å². The lowest BCUT2D eigenvalue weighted by molar-refractivity contribution is -0.121. The van der Waals surface area contributed by atoms with Gasteiger partial charge in [-0.3, -0.25) is 4.98 Å². The Bertz CT molecular complexity index is 468. The summed E-state index contributed by atoms with van der Waals surface area (Å²) in [6.45, 7) is 0.907. The predicted molar refractivity (Wildman–Crippen MR) is 88.2 cm³/mol. The SMILES string of the molecule is CNC(c1cncc(Br)c1)C1CCOC2(CCCCC2)C1. The summed E-state index contributed by atoms with van der Waals surface area (Å²) in [6.07, 6.45) is 12.7. The van der Waals surface area contributed by atoms with Crippen molar-refractivity contribution in [1.82, 2.24) is 10.3 Å². The van der Waals surface area contributed by atoms with Crippen LogP contribution >= 0.6 is 15.9 Å². The first-order valence-electron chi connectivity index (χ1n) is 8.14. The van der Waals surface area contributed by atoms with Crippen molar-refractivity contribution in [2.75, 3.05) is 13.7 Å². The maximum Gasteiger partial charge on any atom is 0.0686 e. The molecule has 4 heteroatoms. The molecule has 0 bridgehead atoms. The molecule has 0 amide bonds. The van der Waals surface area contributed by atoms with E-state index in [1.807, 2.05) is 12.4 Å². The minimum Gasteiger partial charge on any atom is -0.375 e. The van der Waals surface area contributed by atoms with Gasteiger partial charge in [0.05, 0.1) is 5.60 Å². The van der Waals surface area contributed by atoms with E-state index in [1.54, 1.807) is 0 Å². The fourth-order valence-corrected chi connectivity index (χ4v) is 4.55. The molecule has 1 N–H and O–H groups in total. The van der Waals surface area contributed by atoms with Crippen LogP contribution in [0.1, 0.15) is 56.6 Å². The molecule has 2 unspecified atom stereocenters. The minimum absolute atomic E-state index is 0.162. The van der Waals surface area contributed by atoms with Gasteiger partial charge in [0.1, 0.15) is 0 Å². The highest BCUT2D eigenvalue weighted by Crippen LogP contribution is 2.44. The van der Waals surface area contributed by atoms with Crippen LogP contribution in [-0.2, 0) is 4.74 Å². The van der Waals surface area contributed by atoms with Gasteiger partial charge in [0.25, 0.3) is 0 Å². The maximum absolute atomic E-state index is 6.24. The van der Waals surface area contributed by atoms with Gasteiger partial charge in [-0.1, -0.05) is 19.3 Å². The van der Waals surface area contributed by atoms with E-state index in [2.05, 4.69) is 39.3 Å². The normalized spacial score (nSPS) is 26.7. The van der Waals surface area contributed by atoms with Crippen LogP contribution in [0.2, 0.25) is 0 Å². The van der Waals surface area contributed by atoms with Crippen LogP contribution < -0.4 is 5.32 Å². The molecule has 1 spiro atoms. The van der Waals surface area contributed by atoms with E-state index in [0.29, 0.717) is 12.0 Å². The summed E-state index contributed by atoms with van der Waals surface area (Å²) in [5.41, 5.74) is 1.44. The lowest BCUT2D eigenvalue weighted by atomic mass is 9.73. The molecule has 0 aromatic carbocycles. The van der Waals surface area contributed by atoms with Crippen molar-refractivity contribution in [2.24, 2.45) is 5.92 Å². The average Bonchev–Trinajstić information content (AvgIpc) is 2.49. The van der Waals surface area contributed by atoms with Gasteiger partial charge in [-0.2, -0.15) is 0 Å². The summed E-state index contributed by atoms with van der Waals surface area (Å²) >= 11 is 3.54. The van der Waals surface area contributed by atoms with Gasteiger partial charge in [-0.25, -0.2) is 0 Å². The molecule has 1 saturated heterocycles. The summed E-state index contributed by atoms with van der Waals surface area (Å²) in [7, 11) is 2.06.